The highest BCUT2D eigenvalue weighted by Crippen LogP contribution is 2.24. The van der Waals surface area contributed by atoms with Gasteiger partial charge in [-0.15, -0.1) is 11.3 Å². The van der Waals surface area contributed by atoms with Gasteiger partial charge in [0.2, 0.25) is 0 Å². The fourth-order valence-corrected chi connectivity index (χ4v) is 3.11. The lowest BCUT2D eigenvalue weighted by Crippen LogP contribution is -2.38. The quantitative estimate of drug-likeness (QED) is 0.828. The molecule has 2 amide bonds. The van der Waals surface area contributed by atoms with E-state index in [2.05, 4.69) is 22.8 Å². The summed E-state index contributed by atoms with van der Waals surface area (Å²) in [5, 5.41) is 6.25. The lowest BCUT2D eigenvalue weighted by molar-refractivity contribution is 0.200. The molecule has 1 saturated heterocycles. The van der Waals surface area contributed by atoms with Crippen LogP contribution in [0, 0.1) is 0 Å². The van der Waals surface area contributed by atoms with Gasteiger partial charge in [0.1, 0.15) is 0 Å². The van der Waals surface area contributed by atoms with E-state index in [0.29, 0.717) is 0 Å². The maximum atomic E-state index is 12.1. The van der Waals surface area contributed by atoms with E-state index < -0.39 is 0 Å². The molecule has 1 aromatic carbocycles. The third kappa shape index (κ3) is 2.34. The summed E-state index contributed by atoms with van der Waals surface area (Å²) in [4.78, 5) is 14.0. The number of fused-ring (bicyclic) bond motifs is 1. The number of nitrogens with one attached hydrogen (secondary N) is 1. The Morgan fingerprint density at radius 3 is 2.83 bits per heavy atom. The van der Waals surface area contributed by atoms with E-state index in [9.17, 15) is 4.79 Å². The van der Waals surface area contributed by atoms with Crippen LogP contribution in [0.15, 0.2) is 29.6 Å². The summed E-state index contributed by atoms with van der Waals surface area (Å²) < 4.78 is 1.26. The molecule has 0 radical (unpaired) electrons. The van der Waals surface area contributed by atoms with Crippen molar-refractivity contribution in [3.63, 3.8) is 0 Å². The number of benzene rings is 1. The van der Waals surface area contributed by atoms with Crippen molar-refractivity contribution in [2.24, 2.45) is 0 Å². The van der Waals surface area contributed by atoms with E-state index in [1.165, 1.54) is 16.5 Å². The summed E-state index contributed by atoms with van der Waals surface area (Å²) in [6, 6.07) is 8.18. The summed E-state index contributed by atoms with van der Waals surface area (Å²) in [6.07, 6.45) is 3.48. The first-order valence-corrected chi connectivity index (χ1v) is 7.24. The van der Waals surface area contributed by atoms with E-state index >= 15 is 0 Å². The van der Waals surface area contributed by atoms with Gasteiger partial charge in [-0.2, -0.15) is 0 Å². The SMILES string of the molecule is O=C(Nc1ccc2sccc2c1)N1CCCCC1. The molecule has 2 heterocycles. The Balaban J connectivity index is 1.72. The van der Waals surface area contributed by atoms with Crippen LogP contribution in [0.2, 0.25) is 0 Å². The van der Waals surface area contributed by atoms with Gasteiger partial charge in [-0.25, -0.2) is 4.79 Å². The number of hydrogen-bond donors (Lipinski definition) is 1. The predicted molar refractivity (Wildman–Crippen MR) is 76.3 cm³/mol. The van der Waals surface area contributed by atoms with Gasteiger partial charge in [0.05, 0.1) is 0 Å². The molecule has 1 aromatic heterocycles. The summed E-state index contributed by atoms with van der Waals surface area (Å²) >= 11 is 1.72. The normalized spacial score (nSPS) is 15.9. The van der Waals surface area contributed by atoms with Crippen LogP contribution >= 0.6 is 11.3 Å². The van der Waals surface area contributed by atoms with E-state index in [4.69, 9.17) is 0 Å². The van der Waals surface area contributed by atoms with Crippen molar-refractivity contribution in [3.05, 3.63) is 29.6 Å². The van der Waals surface area contributed by atoms with Crippen LogP contribution in [-0.2, 0) is 0 Å². The molecule has 0 bridgehead atoms. The maximum Gasteiger partial charge on any atom is 0.321 e. The van der Waals surface area contributed by atoms with Crippen LogP contribution in [0.3, 0.4) is 0 Å². The number of urea groups is 1. The monoisotopic (exact) mass is 260 g/mol. The van der Waals surface area contributed by atoms with Gasteiger partial charge in [0.25, 0.3) is 0 Å². The molecule has 1 N–H and O–H groups in total. The van der Waals surface area contributed by atoms with E-state index in [-0.39, 0.29) is 6.03 Å². The lowest BCUT2D eigenvalue weighted by atomic mass is 10.1. The topological polar surface area (TPSA) is 32.3 Å². The number of piperidine rings is 1. The van der Waals surface area contributed by atoms with E-state index in [0.717, 1.165) is 31.6 Å². The van der Waals surface area contributed by atoms with Gasteiger partial charge in [-0.05, 0) is 54.3 Å². The fraction of sp³-hybridized carbons (Fsp3) is 0.357. The van der Waals surface area contributed by atoms with Crippen molar-refractivity contribution in [1.82, 2.24) is 4.90 Å². The zero-order valence-corrected chi connectivity index (χ0v) is 11.0. The first-order valence-electron chi connectivity index (χ1n) is 6.36. The Hall–Kier alpha value is -1.55. The maximum absolute atomic E-state index is 12.1. The van der Waals surface area contributed by atoms with Crippen LogP contribution in [0.4, 0.5) is 10.5 Å². The number of anilines is 1. The molecule has 2 aromatic rings. The van der Waals surface area contributed by atoms with E-state index in [1.54, 1.807) is 11.3 Å². The zero-order chi connectivity index (χ0) is 12.4. The molecule has 94 valence electrons. The number of likely N-dealkylation sites (tertiary alicyclic amines) is 1. The third-order valence-electron chi connectivity index (χ3n) is 3.35. The first kappa shape index (κ1) is 11.5. The highest BCUT2D eigenvalue weighted by atomic mass is 32.1. The zero-order valence-electron chi connectivity index (χ0n) is 10.2. The molecule has 0 aliphatic carbocycles. The second-order valence-corrected chi connectivity index (χ2v) is 5.60. The second kappa shape index (κ2) is 4.98. The lowest BCUT2D eigenvalue weighted by Gasteiger charge is -2.26. The largest absolute Gasteiger partial charge is 0.325 e. The summed E-state index contributed by atoms with van der Waals surface area (Å²) in [6.45, 7) is 1.76. The number of rotatable bonds is 1. The molecule has 4 heteroatoms. The average molecular weight is 260 g/mol. The number of nitrogens with zero attached hydrogens (tertiary/aromatic N) is 1. The van der Waals surface area contributed by atoms with Gasteiger partial charge < -0.3 is 10.2 Å². The van der Waals surface area contributed by atoms with Crippen LogP contribution < -0.4 is 5.32 Å². The van der Waals surface area contributed by atoms with Gasteiger partial charge >= 0.3 is 6.03 Å². The van der Waals surface area contributed by atoms with Crippen molar-refractivity contribution in [2.75, 3.05) is 18.4 Å². The summed E-state index contributed by atoms with van der Waals surface area (Å²) in [7, 11) is 0. The molecule has 1 aliphatic rings. The van der Waals surface area contributed by atoms with Crippen molar-refractivity contribution >= 4 is 33.1 Å². The van der Waals surface area contributed by atoms with Gasteiger partial charge in [-0.1, -0.05) is 0 Å². The highest BCUT2D eigenvalue weighted by Gasteiger charge is 2.16. The second-order valence-electron chi connectivity index (χ2n) is 4.65. The molecule has 1 aliphatic heterocycles. The average Bonchev–Trinajstić information content (AvgIpc) is 2.87. The standard InChI is InChI=1S/C14H16N2OS/c17-14(16-7-2-1-3-8-16)15-12-4-5-13-11(10-12)6-9-18-13/h4-6,9-10H,1-3,7-8H2,(H,15,17). The Labute approximate surface area is 110 Å². The molecule has 0 spiro atoms. The minimum Gasteiger partial charge on any atom is -0.325 e. The summed E-state index contributed by atoms with van der Waals surface area (Å²) in [5.41, 5.74) is 0.886. The molecule has 0 atom stereocenters. The molecule has 0 unspecified atom stereocenters. The predicted octanol–water partition coefficient (Wildman–Crippen LogP) is 3.92. The Morgan fingerprint density at radius 2 is 2.00 bits per heavy atom. The minimum absolute atomic E-state index is 0.0317. The Bertz CT molecular complexity index is 558. The molecular weight excluding hydrogens is 244 g/mol. The Kier molecular flexibility index (Phi) is 3.19. The van der Waals surface area contributed by atoms with Crippen molar-refractivity contribution in [3.8, 4) is 0 Å². The number of hydrogen-bond acceptors (Lipinski definition) is 2. The van der Waals surface area contributed by atoms with Crippen molar-refractivity contribution < 1.29 is 4.79 Å². The first-order chi connectivity index (χ1) is 8.83. The van der Waals surface area contributed by atoms with Gasteiger partial charge in [-0.3, -0.25) is 0 Å². The number of carbonyl (C=O) groups is 1. The minimum atomic E-state index is 0.0317. The van der Waals surface area contributed by atoms with Crippen molar-refractivity contribution in [2.45, 2.75) is 19.3 Å². The number of amides is 2. The van der Waals surface area contributed by atoms with Gasteiger partial charge in [0, 0.05) is 23.5 Å². The third-order valence-corrected chi connectivity index (χ3v) is 4.24. The molecule has 18 heavy (non-hydrogen) atoms. The smallest absolute Gasteiger partial charge is 0.321 e. The number of thiophene rings is 1. The number of carbonyl (C=O) groups excluding carboxylic acids is 1. The molecule has 3 nitrogen and oxygen atoms in total. The van der Waals surface area contributed by atoms with E-state index in [1.807, 2.05) is 17.0 Å². The molecular formula is C14H16N2OS. The molecule has 3 rings (SSSR count). The van der Waals surface area contributed by atoms with Gasteiger partial charge in [0.15, 0.2) is 0 Å². The Morgan fingerprint density at radius 1 is 1.17 bits per heavy atom. The van der Waals surface area contributed by atoms with Crippen LogP contribution in [-0.4, -0.2) is 24.0 Å². The fourth-order valence-electron chi connectivity index (χ4n) is 2.34. The molecule has 1 fully saturated rings. The highest BCUT2D eigenvalue weighted by molar-refractivity contribution is 7.17. The summed E-state index contributed by atoms with van der Waals surface area (Å²) in [5.74, 6) is 0. The molecule has 0 saturated carbocycles. The van der Waals surface area contributed by atoms with Crippen molar-refractivity contribution in [1.29, 1.82) is 0 Å². The van der Waals surface area contributed by atoms with Crippen LogP contribution in [0.25, 0.3) is 10.1 Å². The van der Waals surface area contributed by atoms with Crippen LogP contribution in [0.1, 0.15) is 19.3 Å². The van der Waals surface area contributed by atoms with Crippen LogP contribution in [0.5, 0.6) is 0 Å².